The highest BCUT2D eigenvalue weighted by molar-refractivity contribution is 5.82. The summed E-state index contributed by atoms with van der Waals surface area (Å²) in [4.78, 5) is 26.4. The van der Waals surface area contributed by atoms with Gasteiger partial charge in [-0.15, -0.1) is 0 Å². The fourth-order valence-electron chi connectivity index (χ4n) is 2.52. The van der Waals surface area contributed by atoms with Crippen LogP contribution in [0, 0.1) is 11.8 Å². The third-order valence-corrected chi connectivity index (χ3v) is 3.84. The van der Waals surface area contributed by atoms with Gasteiger partial charge in [-0.1, -0.05) is 27.7 Å². The van der Waals surface area contributed by atoms with Crippen LogP contribution in [0.4, 0.5) is 17.6 Å². The van der Waals surface area contributed by atoms with E-state index in [1.54, 1.807) is 18.2 Å². The van der Waals surface area contributed by atoms with Gasteiger partial charge in [0.2, 0.25) is 17.7 Å². The highest BCUT2D eigenvalue weighted by Crippen LogP contribution is 2.16. The SMILES string of the molecule is CC(C)CNc1nc(NCC(C)C)n2c(=O)c3ccc(N)cc3nc2n1. The van der Waals surface area contributed by atoms with Gasteiger partial charge < -0.3 is 16.4 Å². The highest BCUT2D eigenvalue weighted by Gasteiger charge is 2.14. The molecule has 0 amide bonds. The number of nitrogens with two attached hydrogens (primary N) is 1. The van der Waals surface area contributed by atoms with E-state index < -0.39 is 0 Å². The minimum atomic E-state index is -0.216. The van der Waals surface area contributed by atoms with Crippen LogP contribution in [0.2, 0.25) is 0 Å². The van der Waals surface area contributed by atoms with Gasteiger partial charge in [0.05, 0.1) is 10.9 Å². The molecule has 0 aliphatic heterocycles. The summed E-state index contributed by atoms with van der Waals surface area (Å²) in [6, 6.07) is 5.06. The summed E-state index contributed by atoms with van der Waals surface area (Å²) in [6.45, 7) is 9.80. The monoisotopic (exact) mass is 355 g/mol. The molecule has 0 bridgehead atoms. The molecule has 2 heterocycles. The lowest BCUT2D eigenvalue weighted by Gasteiger charge is -2.14. The van der Waals surface area contributed by atoms with E-state index >= 15 is 0 Å². The zero-order chi connectivity index (χ0) is 18.8. The van der Waals surface area contributed by atoms with Crippen molar-refractivity contribution in [1.82, 2.24) is 19.4 Å². The maximum absolute atomic E-state index is 13.0. The van der Waals surface area contributed by atoms with Gasteiger partial charge in [0.1, 0.15) is 0 Å². The molecule has 0 spiro atoms. The first kappa shape index (κ1) is 17.9. The molecule has 0 saturated heterocycles. The fraction of sp³-hybridized carbons (Fsp3) is 0.444. The number of nitrogens with one attached hydrogen (secondary N) is 2. The van der Waals surface area contributed by atoms with Gasteiger partial charge in [-0.2, -0.15) is 9.97 Å². The second kappa shape index (κ2) is 7.15. The minimum Gasteiger partial charge on any atom is -0.399 e. The largest absolute Gasteiger partial charge is 0.399 e. The van der Waals surface area contributed by atoms with Crippen molar-refractivity contribution in [1.29, 1.82) is 0 Å². The molecule has 8 nitrogen and oxygen atoms in total. The number of hydrogen-bond acceptors (Lipinski definition) is 7. The summed E-state index contributed by atoms with van der Waals surface area (Å²) >= 11 is 0. The molecule has 1 aromatic carbocycles. The van der Waals surface area contributed by atoms with Crippen LogP contribution in [0.5, 0.6) is 0 Å². The Bertz CT molecular complexity index is 994. The van der Waals surface area contributed by atoms with Crippen molar-refractivity contribution in [2.75, 3.05) is 29.5 Å². The summed E-state index contributed by atoms with van der Waals surface area (Å²) < 4.78 is 1.42. The molecule has 0 atom stereocenters. The van der Waals surface area contributed by atoms with Crippen LogP contribution >= 0.6 is 0 Å². The van der Waals surface area contributed by atoms with Crippen LogP contribution in [-0.4, -0.2) is 32.4 Å². The van der Waals surface area contributed by atoms with Gasteiger partial charge in [-0.3, -0.25) is 4.79 Å². The molecule has 0 aliphatic carbocycles. The van der Waals surface area contributed by atoms with Crippen molar-refractivity contribution in [3.63, 3.8) is 0 Å². The molecule has 8 heteroatoms. The Balaban J connectivity index is 2.21. The molecule has 0 saturated carbocycles. The number of anilines is 3. The van der Waals surface area contributed by atoms with Crippen LogP contribution in [-0.2, 0) is 0 Å². The van der Waals surface area contributed by atoms with Crippen LogP contribution in [0.15, 0.2) is 23.0 Å². The van der Waals surface area contributed by atoms with Gasteiger partial charge in [-0.25, -0.2) is 9.38 Å². The Kier molecular flexibility index (Phi) is 4.92. The van der Waals surface area contributed by atoms with Crippen LogP contribution in [0.1, 0.15) is 27.7 Å². The van der Waals surface area contributed by atoms with E-state index in [4.69, 9.17) is 5.73 Å². The molecule has 26 heavy (non-hydrogen) atoms. The molecule has 0 radical (unpaired) electrons. The van der Waals surface area contributed by atoms with Crippen molar-refractivity contribution in [2.24, 2.45) is 11.8 Å². The normalized spacial score (nSPS) is 11.6. The molecule has 138 valence electrons. The first-order valence-corrected chi connectivity index (χ1v) is 8.83. The predicted molar refractivity (Wildman–Crippen MR) is 106 cm³/mol. The van der Waals surface area contributed by atoms with Crippen molar-refractivity contribution in [2.45, 2.75) is 27.7 Å². The summed E-state index contributed by atoms with van der Waals surface area (Å²) in [7, 11) is 0. The van der Waals surface area contributed by atoms with E-state index in [9.17, 15) is 4.79 Å². The van der Waals surface area contributed by atoms with E-state index in [1.807, 2.05) is 0 Å². The van der Waals surface area contributed by atoms with E-state index in [1.165, 1.54) is 4.40 Å². The summed E-state index contributed by atoms with van der Waals surface area (Å²) in [6.07, 6.45) is 0. The maximum Gasteiger partial charge on any atom is 0.269 e. The lowest BCUT2D eigenvalue weighted by Crippen LogP contribution is -2.24. The second-order valence-electron chi connectivity index (χ2n) is 7.25. The molecule has 0 fully saturated rings. The topological polar surface area (TPSA) is 110 Å². The van der Waals surface area contributed by atoms with Crippen LogP contribution < -0.4 is 21.9 Å². The Morgan fingerprint density at radius 1 is 1.04 bits per heavy atom. The van der Waals surface area contributed by atoms with Crippen LogP contribution in [0.25, 0.3) is 16.7 Å². The zero-order valence-electron chi connectivity index (χ0n) is 15.6. The third kappa shape index (κ3) is 3.68. The van der Waals surface area contributed by atoms with Crippen molar-refractivity contribution >= 4 is 34.3 Å². The Morgan fingerprint density at radius 3 is 2.42 bits per heavy atom. The van der Waals surface area contributed by atoms with Gasteiger partial charge in [0, 0.05) is 18.8 Å². The summed E-state index contributed by atoms with van der Waals surface area (Å²) in [5.74, 6) is 2.01. The smallest absolute Gasteiger partial charge is 0.269 e. The molecular formula is C18H25N7O. The van der Waals surface area contributed by atoms with Crippen LogP contribution in [0.3, 0.4) is 0 Å². The number of nitrogens with zero attached hydrogens (tertiary/aromatic N) is 4. The standard InChI is InChI=1S/C18H25N7O/c1-10(2)8-20-16-23-17(21-9-11(3)4)25-15(26)13-6-5-12(19)7-14(13)22-18(25)24-16/h5-7,10-11H,8-9,19H2,1-4H3,(H2,20,21,22,23,24). The number of rotatable bonds is 6. The number of nitrogen functional groups attached to an aromatic ring is 1. The molecule has 0 aliphatic rings. The van der Waals surface area contributed by atoms with E-state index in [-0.39, 0.29) is 5.56 Å². The fourth-order valence-corrected chi connectivity index (χ4v) is 2.52. The molecule has 0 unspecified atom stereocenters. The Labute approximate surface area is 151 Å². The Morgan fingerprint density at radius 2 is 1.73 bits per heavy atom. The number of aromatic nitrogens is 4. The second-order valence-corrected chi connectivity index (χ2v) is 7.25. The average Bonchev–Trinajstić information content (AvgIpc) is 2.57. The zero-order valence-corrected chi connectivity index (χ0v) is 15.6. The van der Waals surface area contributed by atoms with Gasteiger partial charge in [0.25, 0.3) is 5.56 Å². The number of benzene rings is 1. The minimum absolute atomic E-state index is 0.216. The highest BCUT2D eigenvalue weighted by atomic mass is 16.1. The Hall–Kier alpha value is -2.90. The molecule has 4 N–H and O–H groups in total. The van der Waals surface area contributed by atoms with Gasteiger partial charge in [0.15, 0.2) is 0 Å². The van der Waals surface area contributed by atoms with E-state index in [2.05, 4.69) is 53.3 Å². The van der Waals surface area contributed by atoms with E-state index in [0.717, 1.165) is 6.54 Å². The molecule has 2 aromatic heterocycles. The van der Waals surface area contributed by atoms with Gasteiger partial charge >= 0.3 is 0 Å². The first-order valence-electron chi connectivity index (χ1n) is 8.83. The predicted octanol–water partition coefficient (Wildman–Crippen LogP) is 2.36. The molecular weight excluding hydrogens is 330 g/mol. The average molecular weight is 355 g/mol. The molecule has 3 aromatic rings. The van der Waals surface area contributed by atoms with Gasteiger partial charge in [-0.05, 0) is 30.0 Å². The van der Waals surface area contributed by atoms with Crippen molar-refractivity contribution < 1.29 is 0 Å². The lowest BCUT2D eigenvalue weighted by atomic mass is 10.2. The number of fused-ring (bicyclic) bond motifs is 2. The van der Waals surface area contributed by atoms with Crippen molar-refractivity contribution in [3.8, 4) is 0 Å². The first-order chi connectivity index (χ1) is 12.3. The van der Waals surface area contributed by atoms with Crippen molar-refractivity contribution in [3.05, 3.63) is 28.6 Å². The quantitative estimate of drug-likeness (QED) is 0.460. The summed E-state index contributed by atoms with van der Waals surface area (Å²) in [5, 5.41) is 6.92. The number of hydrogen-bond donors (Lipinski definition) is 3. The summed E-state index contributed by atoms with van der Waals surface area (Å²) in [5.41, 5.74) is 6.70. The maximum atomic E-state index is 13.0. The molecule has 3 rings (SSSR count). The third-order valence-electron chi connectivity index (χ3n) is 3.84. The van der Waals surface area contributed by atoms with E-state index in [0.29, 0.717) is 52.6 Å². The lowest BCUT2D eigenvalue weighted by molar-refractivity contribution is 0.677.